The van der Waals surface area contributed by atoms with E-state index in [-0.39, 0.29) is 5.78 Å². The molecule has 1 N–H and O–H groups in total. The average molecular weight is 224 g/mol. The molecule has 0 aromatic heterocycles. The first-order valence-electron chi connectivity index (χ1n) is 5.88. The van der Waals surface area contributed by atoms with Crippen LogP contribution in [0, 0.1) is 0 Å². The number of carbonyl (C=O) groups excluding carboxylic acids is 1. The summed E-state index contributed by atoms with van der Waals surface area (Å²) in [5.74, 6) is 0.211. The van der Waals surface area contributed by atoms with Crippen LogP contribution in [0.3, 0.4) is 0 Å². The van der Waals surface area contributed by atoms with Crippen molar-refractivity contribution < 1.29 is 9.90 Å². The molecule has 92 valence electrons. The molecule has 16 heavy (non-hydrogen) atoms. The molecule has 0 unspecified atom stereocenters. The molecule has 0 fully saturated rings. The van der Waals surface area contributed by atoms with E-state index in [1.54, 1.807) is 19.9 Å². The molecule has 0 aliphatic rings. The van der Waals surface area contributed by atoms with Gasteiger partial charge in [0.05, 0.1) is 5.60 Å². The lowest BCUT2D eigenvalue weighted by atomic mass is 9.98. The van der Waals surface area contributed by atoms with Crippen molar-refractivity contribution in [2.24, 2.45) is 0 Å². The fourth-order valence-electron chi connectivity index (χ4n) is 1.54. The number of allylic oxidation sites excluding steroid dienone is 2. The van der Waals surface area contributed by atoms with Crippen molar-refractivity contribution in [2.45, 2.75) is 58.5 Å². The van der Waals surface area contributed by atoms with Crippen LogP contribution in [0.2, 0.25) is 0 Å². The van der Waals surface area contributed by atoms with Gasteiger partial charge in [-0.05, 0) is 46.5 Å². The lowest BCUT2D eigenvalue weighted by Crippen LogP contribution is -2.19. The Bertz CT molecular complexity index is 262. The first-order chi connectivity index (χ1) is 7.37. The first kappa shape index (κ1) is 15.1. The summed E-state index contributed by atoms with van der Waals surface area (Å²) in [5.41, 5.74) is 0.404. The van der Waals surface area contributed by atoms with Crippen molar-refractivity contribution in [1.29, 1.82) is 0 Å². The van der Waals surface area contributed by atoms with E-state index in [0.29, 0.717) is 6.42 Å². The average Bonchev–Trinajstić information content (AvgIpc) is 2.16. The molecule has 1 atom stereocenters. The van der Waals surface area contributed by atoms with E-state index < -0.39 is 5.60 Å². The minimum atomic E-state index is -0.738. The van der Waals surface area contributed by atoms with Gasteiger partial charge in [0.1, 0.15) is 5.78 Å². The van der Waals surface area contributed by atoms with Gasteiger partial charge in [0.15, 0.2) is 0 Å². The van der Waals surface area contributed by atoms with Crippen molar-refractivity contribution in [3.8, 4) is 0 Å². The first-order valence-corrected chi connectivity index (χ1v) is 5.88. The summed E-state index contributed by atoms with van der Waals surface area (Å²) >= 11 is 0. The Hall–Kier alpha value is -0.890. The number of unbranched alkanes of at least 4 members (excludes halogenated alkanes) is 2. The summed E-state index contributed by atoms with van der Waals surface area (Å²) in [4.78, 5) is 10.8. The highest BCUT2D eigenvalue weighted by Crippen LogP contribution is 2.15. The summed E-state index contributed by atoms with van der Waals surface area (Å²) in [6.45, 7) is 8.96. The minimum absolute atomic E-state index is 0.211. The van der Waals surface area contributed by atoms with Crippen molar-refractivity contribution in [1.82, 2.24) is 0 Å². The Morgan fingerprint density at radius 2 is 2.00 bits per heavy atom. The molecular weight excluding hydrogens is 200 g/mol. The van der Waals surface area contributed by atoms with Crippen LogP contribution in [0.1, 0.15) is 52.9 Å². The van der Waals surface area contributed by atoms with Crippen molar-refractivity contribution in [2.75, 3.05) is 0 Å². The van der Waals surface area contributed by atoms with E-state index in [1.807, 2.05) is 6.92 Å². The highest BCUT2D eigenvalue weighted by molar-refractivity contribution is 5.77. The smallest absolute Gasteiger partial charge is 0.133 e. The predicted octanol–water partition coefficient (Wildman–Crippen LogP) is 3.41. The zero-order chi connectivity index (χ0) is 12.6. The van der Waals surface area contributed by atoms with E-state index >= 15 is 0 Å². The van der Waals surface area contributed by atoms with Crippen molar-refractivity contribution in [3.63, 3.8) is 0 Å². The Morgan fingerprint density at radius 1 is 1.38 bits per heavy atom. The minimum Gasteiger partial charge on any atom is -0.386 e. The van der Waals surface area contributed by atoms with Gasteiger partial charge in [-0.15, -0.1) is 6.58 Å². The Labute approximate surface area is 99.1 Å². The Morgan fingerprint density at radius 3 is 2.50 bits per heavy atom. The Kier molecular flexibility index (Phi) is 6.98. The number of carbonyl (C=O) groups is 1. The topological polar surface area (TPSA) is 37.3 Å². The van der Waals surface area contributed by atoms with Crippen LogP contribution in [0.5, 0.6) is 0 Å². The molecule has 0 rings (SSSR count). The Balaban J connectivity index is 3.68. The molecule has 2 nitrogen and oxygen atoms in total. The van der Waals surface area contributed by atoms with Crippen LogP contribution in [0.25, 0.3) is 0 Å². The molecule has 0 aromatic carbocycles. The number of hydrogen-bond donors (Lipinski definition) is 1. The molecule has 2 heteroatoms. The van der Waals surface area contributed by atoms with Crippen LogP contribution in [-0.4, -0.2) is 16.5 Å². The summed E-state index contributed by atoms with van der Waals surface area (Å²) in [6.07, 6.45) is 8.00. The van der Waals surface area contributed by atoms with Gasteiger partial charge in [-0.2, -0.15) is 0 Å². The van der Waals surface area contributed by atoms with Gasteiger partial charge in [0.25, 0.3) is 0 Å². The third kappa shape index (κ3) is 8.42. The molecule has 0 bridgehead atoms. The summed E-state index contributed by atoms with van der Waals surface area (Å²) in [7, 11) is 0. The van der Waals surface area contributed by atoms with Crippen LogP contribution < -0.4 is 0 Å². The number of Topliss-reactive ketones (excluding diaryl/α,β-unsaturated/α-hetero) is 1. The maximum absolute atomic E-state index is 10.8. The van der Waals surface area contributed by atoms with Crippen molar-refractivity contribution in [3.05, 3.63) is 24.3 Å². The molecule has 0 spiro atoms. The summed E-state index contributed by atoms with van der Waals surface area (Å²) in [5, 5.41) is 9.67. The van der Waals surface area contributed by atoms with E-state index in [9.17, 15) is 9.90 Å². The second kappa shape index (κ2) is 7.39. The molecule has 0 saturated heterocycles. The molecule has 0 amide bonds. The second-order valence-corrected chi connectivity index (χ2v) is 4.74. The summed E-state index contributed by atoms with van der Waals surface area (Å²) in [6, 6.07) is 0. The third-order valence-corrected chi connectivity index (χ3v) is 2.60. The van der Waals surface area contributed by atoms with Crippen LogP contribution >= 0.6 is 0 Å². The highest BCUT2D eigenvalue weighted by Gasteiger charge is 2.13. The molecule has 0 aliphatic carbocycles. The SMILES string of the molecule is C=C[C@@](C)(O)CCCC/C=C(\C)CC(C)=O. The van der Waals surface area contributed by atoms with Crippen LogP contribution in [0.4, 0.5) is 0 Å². The van der Waals surface area contributed by atoms with Gasteiger partial charge in [-0.3, -0.25) is 4.79 Å². The molecule has 0 aliphatic heterocycles. The molecule has 0 radical (unpaired) electrons. The zero-order valence-electron chi connectivity index (χ0n) is 10.8. The van der Waals surface area contributed by atoms with E-state index in [1.165, 1.54) is 0 Å². The fraction of sp³-hybridized carbons (Fsp3) is 0.643. The van der Waals surface area contributed by atoms with Gasteiger partial charge >= 0.3 is 0 Å². The van der Waals surface area contributed by atoms with E-state index in [2.05, 4.69) is 12.7 Å². The molecule has 0 saturated carbocycles. The normalized spacial score (nSPS) is 15.6. The van der Waals surface area contributed by atoms with E-state index in [0.717, 1.165) is 31.3 Å². The maximum atomic E-state index is 10.8. The quantitative estimate of drug-likeness (QED) is 0.507. The molecular formula is C14H24O2. The van der Waals surface area contributed by atoms with Gasteiger partial charge in [-0.25, -0.2) is 0 Å². The third-order valence-electron chi connectivity index (χ3n) is 2.60. The monoisotopic (exact) mass is 224 g/mol. The molecule has 0 aromatic rings. The lowest BCUT2D eigenvalue weighted by Gasteiger charge is -2.17. The van der Waals surface area contributed by atoms with Gasteiger partial charge in [-0.1, -0.05) is 17.7 Å². The number of aliphatic hydroxyl groups is 1. The zero-order valence-corrected chi connectivity index (χ0v) is 10.8. The van der Waals surface area contributed by atoms with Crippen LogP contribution in [-0.2, 0) is 4.79 Å². The van der Waals surface area contributed by atoms with Crippen LogP contribution in [0.15, 0.2) is 24.3 Å². The molecule has 0 heterocycles. The number of hydrogen-bond acceptors (Lipinski definition) is 2. The van der Waals surface area contributed by atoms with Crippen molar-refractivity contribution >= 4 is 5.78 Å². The largest absolute Gasteiger partial charge is 0.386 e. The van der Waals surface area contributed by atoms with Gasteiger partial charge < -0.3 is 5.11 Å². The van der Waals surface area contributed by atoms with Gasteiger partial charge in [0, 0.05) is 6.42 Å². The number of rotatable bonds is 8. The predicted molar refractivity (Wildman–Crippen MR) is 68.3 cm³/mol. The summed E-state index contributed by atoms with van der Waals surface area (Å²) < 4.78 is 0. The lowest BCUT2D eigenvalue weighted by molar-refractivity contribution is -0.116. The van der Waals surface area contributed by atoms with Gasteiger partial charge in [0.2, 0.25) is 0 Å². The maximum Gasteiger partial charge on any atom is 0.133 e. The highest BCUT2D eigenvalue weighted by atomic mass is 16.3. The second-order valence-electron chi connectivity index (χ2n) is 4.74. The van der Waals surface area contributed by atoms with E-state index in [4.69, 9.17) is 0 Å². The fourth-order valence-corrected chi connectivity index (χ4v) is 1.54. The standard InChI is InChI=1S/C14H24O2/c1-5-14(4,16)10-8-6-7-9-12(2)11-13(3)15/h5,9,16H,1,6-8,10-11H2,2-4H3/b12-9+/t14-/m1/s1. The number of ketones is 1.